The average molecular weight is 304 g/mol. The number of alkyl halides is 1. The monoisotopic (exact) mass is 303 g/mol. The zero-order chi connectivity index (χ0) is 15.2. The molecule has 108 valence electrons. The number of phenols is 2. The molecule has 0 aliphatic rings. The molecule has 0 unspecified atom stereocenters. The molecule has 0 saturated heterocycles. The van der Waals surface area contributed by atoms with E-state index in [1.54, 1.807) is 24.3 Å². The van der Waals surface area contributed by atoms with Crippen molar-refractivity contribution >= 4 is 29.3 Å². The minimum Gasteiger partial charge on any atom is -0.504 e. The number of hydrogen-bond acceptors (Lipinski definition) is 3. The fourth-order valence-corrected chi connectivity index (χ4v) is 1.86. The molecule has 0 aliphatic carbocycles. The van der Waals surface area contributed by atoms with Crippen LogP contribution in [-0.4, -0.2) is 16.1 Å². The Labute approximate surface area is 127 Å². The van der Waals surface area contributed by atoms with Crippen LogP contribution in [0, 0.1) is 0 Å². The SMILES string of the molecule is O=C(/C=C/c1ccc(O)c(O)c1)Nc1ccc(CCl)cc1. The highest BCUT2D eigenvalue weighted by Gasteiger charge is 2.00. The van der Waals surface area contributed by atoms with E-state index in [1.165, 1.54) is 18.2 Å². The molecule has 0 saturated carbocycles. The van der Waals surface area contributed by atoms with Gasteiger partial charge >= 0.3 is 0 Å². The lowest BCUT2D eigenvalue weighted by atomic mass is 10.2. The lowest BCUT2D eigenvalue weighted by molar-refractivity contribution is -0.111. The maximum Gasteiger partial charge on any atom is 0.248 e. The zero-order valence-corrected chi connectivity index (χ0v) is 11.8. The minimum atomic E-state index is -0.291. The normalized spacial score (nSPS) is 10.7. The Kier molecular flexibility index (Phi) is 4.85. The van der Waals surface area contributed by atoms with Crippen molar-refractivity contribution in [3.05, 3.63) is 59.7 Å². The van der Waals surface area contributed by atoms with Gasteiger partial charge in [0.25, 0.3) is 0 Å². The molecule has 5 heteroatoms. The zero-order valence-electron chi connectivity index (χ0n) is 11.1. The van der Waals surface area contributed by atoms with Crippen molar-refractivity contribution in [3.63, 3.8) is 0 Å². The molecule has 2 aromatic rings. The van der Waals surface area contributed by atoms with E-state index in [4.69, 9.17) is 11.6 Å². The quantitative estimate of drug-likeness (QED) is 0.460. The van der Waals surface area contributed by atoms with E-state index in [-0.39, 0.29) is 17.4 Å². The summed E-state index contributed by atoms with van der Waals surface area (Å²) >= 11 is 5.69. The fraction of sp³-hybridized carbons (Fsp3) is 0.0625. The largest absolute Gasteiger partial charge is 0.504 e. The van der Waals surface area contributed by atoms with Gasteiger partial charge in [-0.2, -0.15) is 0 Å². The maximum absolute atomic E-state index is 11.8. The molecule has 0 atom stereocenters. The Hall–Kier alpha value is -2.46. The second-order valence-corrected chi connectivity index (χ2v) is 4.67. The summed E-state index contributed by atoms with van der Waals surface area (Å²) in [6, 6.07) is 11.5. The molecule has 0 fully saturated rings. The first kappa shape index (κ1) is 14.9. The van der Waals surface area contributed by atoms with Gasteiger partial charge in [0.15, 0.2) is 11.5 Å². The predicted molar refractivity (Wildman–Crippen MR) is 83.4 cm³/mol. The number of halogens is 1. The Balaban J connectivity index is 1.99. The van der Waals surface area contributed by atoms with Gasteiger partial charge in [-0.15, -0.1) is 11.6 Å². The van der Waals surface area contributed by atoms with E-state index >= 15 is 0 Å². The van der Waals surface area contributed by atoms with Crippen molar-refractivity contribution in [1.29, 1.82) is 0 Å². The Morgan fingerprint density at radius 1 is 1.10 bits per heavy atom. The van der Waals surface area contributed by atoms with E-state index in [0.717, 1.165) is 5.56 Å². The van der Waals surface area contributed by atoms with Crippen molar-refractivity contribution in [2.45, 2.75) is 5.88 Å². The van der Waals surface area contributed by atoms with Crippen LogP contribution in [0.3, 0.4) is 0 Å². The van der Waals surface area contributed by atoms with E-state index in [1.807, 2.05) is 12.1 Å². The lowest BCUT2D eigenvalue weighted by Crippen LogP contribution is -2.07. The maximum atomic E-state index is 11.8. The number of rotatable bonds is 4. The third-order valence-electron chi connectivity index (χ3n) is 2.80. The van der Waals surface area contributed by atoms with Gasteiger partial charge < -0.3 is 15.5 Å². The Bertz CT molecular complexity index is 666. The highest BCUT2D eigenvalue weighted by Crippen LogP contribution is 2.25. The Morgan fingerprint density at radius 2 is 1.81 bits per heavy atom. The summed E-state index contributed by atoms with van der Waals surface area (Å²) in [4.78, 5) is 11.8. The van der Waals surface area contributed by atoms with Gasteiger partial charge in [-0.3, -0.25) is 4.79 Å². The van der Waals surface area contributed by atoms with Crippen molar-refractivity contribution < 1.29 is 15.0 Å². The molecule has 3 N–H and O–H groups in total. The molecule has 21 heavy (non-hydrogen) atoms. The average Bonchev–Trinajstić information content (AvgIpc) is 2.49. The molecular weight excluding hydrogens is 290 g/mol. The smallest absolute Gasteiger partial charge is 0.248 e. The van der Waals surface area contributed by atoms with Crippen molar-refractivity contribution in [2.75, 3.05) is 5.32 Å². The summed E-state index contributed by atoms with van der Waals surface area (Å²) in [6.45, 7) is 0. The number of anilines is 1. The highest BCUT2D eigenvalue weighted by molar-refractivity contribution is 6.17. The summed E-state index contributed by atoms with van der Waals surface area (Å²) in [5, 5.41) is 21.3. The van der Waals surface area contributed by atoms with Crippen LogP contribution in [0.15, 0.2) is 48.5 Å². The minimum absolute atomic E-state index is 0.198. The van der Waals surface area contributed by atoms with Crippen LogP contribution < -0.4 is 5.32 Å². The first-order chi connectivity index (χ1) is 10.1. The molecule has 4 nitrogen and oxygen atoms in total. The summed E-state index contributed by atoms with van der Waals surface area (Å²) in [6.07, 6.45) is 2.89. The second kappa shape index (κ2) is 6.81. The van der Waals surface area contributed by atoms with Gasteiger partial charge in [0, 0.05) is 17.6 Å². The first-order valence-electron chi connectivity index (χ1n) is 6.24. The van der Waals surface area contributed by atoms with Crippen LogP contribution in [0.2, 0.25) is 0 Å². The number of carbonyl (C=O) groups is 1. The standard InChI is InChI=1S/C16H14ClNO3/c17-10-12-1-5-13(6-2-12)18-16(21)8-4-11-3-7-14(19)15(20)9-11/h1-9,19-20H,10H2,(H,18,21)/b8-4+. The number of phenolic OH excluding ortho intramolecular Hbond substituents is 2. The summed E-state index contributed by atoms with van der Waals surface area (Å²) in [5.41, 5.74) is 2.26. The summed E-state index contributed by atoms with van der Waals surface area (Å²) in [7, 11) is 0. The number of amides is 1. The summed E-state index contributed by atoms with van der Waals surface area (Å²) in [5.74, 6) is -0.287. The van der Waals surface area contributed by atoms with Crippen molar-refractivity contribution in [1.82, 2.24) is 0 Å². The van der Waals surface area contributed by atoms with Gasteiger partial charge in [-0.1, -0.05) is 18.2 Å². The summed E-state index contributed by atoms with van der Waals surface area (Å²) < 4.78 is 0. The van der Waals surface area contributed by atoms with E-state index in [0.29, 0.717) is 17.1 Å². The van der Waals surface area contributed by atoms with Crippen LogP contribution in [0.1, 0.15) is 11.1 Å². The van der Waals surface area contributed by atoms with Gasteiger partial charge in [-0.25, -0.2) is 0 Å². The van der Waals surface area contributed by atoms with Gasteiger partial charge in [0.05, 0.1) is 0 Å². The number of aromatic hydroxyl groups is 2. The molecule has 0 aromatic heterocycles. The molecule has 0 radical (unpaired) electrons. The molecule has 1 amide bonds. The first-order valence-corrected chi connectivity index (χ1v) is 6.78. The predicted octanol–water partition coefficient (Wildman–Crippen LogP) is 3.49. The molecular formula is C16H14ClNO3. The molecule has 2 aromatic carbocycles. The van der Waals surface area contributed by atoms with Crippen LogP contribution in [0.25, 0.3) is 6.08 Å². The number of benzene rings is 2. The molecule has 0 spiro atoms. The van der Waals surface area contributed by atoms with E-state index in [2.05, 4.69) is 5.32 Å². The van der Waals surface area contributed by atoms with Gasteiger partial charge in [0.2, 0.25) is 5.91 Å². The molecule has 2 rings (SSSR count). The number of hydrogen-bond donors (Lipinski definition) is 3. The number of nitrogens with one attached hydrogen (secondary N) is 1. The molecule has 0 bridgehead atoms. The molecule has 0 heterocycles. The van der Waals surface area contributed by atoms with Gasteiger partial charge in [-0.05, 0) is 41.5 Å². The van der Waals surface area contributed by atoms with E-state index < -0.39 is 0 Å². The third kappa shape index (κ3) is 4.26. The van der Waals surface area contributed by atoms with Crippen LogP contribution in [-0.2, 0) is 10.7 Å². The van der Waals surface area contributed by atoms with Crippen molar-refractivity contribution in [3.8, 4) is 11.5 Å². The second-order valence-electron chi connectivity index (χ2n) is 4.40. The topological polar surface area (TPSA) is 69.6 Å². The van der Waals surface area contributed by atoms with Crippen LogP contribution in [0.5, 0.6) is 11.5 Å². The highest BCUT2D eigenvalue weighted by atomic mass is 35.5. The lowest BCUT2D eigenvalue weighted by Gasteiger charge is -2.03. The third-order valence-corrected chi connectivity index (χ3v) is 3.11. The van der Waals surface area contributed by atoms with Crippen LogP contribution in [0.4, 0.5) is 5.69 Å². The van der Waals surface area contributed by atoms with Gasteiger partial charge in [0.1, 0.15) is 0 Å². The van der Waals surface area contributed by atoms with E-state index in [9.17, 15) is 15.0 Å². The van der Waals surface area contributed by atoms with Crippen LogP contribution >= 0.6 is 11.6 Å². The Morgan fingerprint density at radius 3 is 2.43 bits per heavy atom. The fourth-order valence-electron chi connectivity index (χ4n) is 1.68. The number of carbonyl (C=O) groups excluding carboxylic acids is 1. The molecule has 0 aliphatic heterocycles. The van der Waals surface area contributed by atoms with Crippen molar-refractivity contribution in [2.24, 2.45) is 0 Å².